The van der Waals surface area contributed by atoms with E-state index >= 15 is 0 Å². The number of fused-ring (bicyclic) bond motifs is 1. The van der Waals surface area contributed by atoms with E-state index in [4.69, 9.17) is 5.73 Å². The van der Waals surface area contributed by atoms with Gasteiger partial charge in [0.1, 0.15) is 6.54 Å². The van der Waals surface area contributed by atoms with Crippen molar-refractivity contribution in [1.29, 1.82) is 0 Å². The number of nitrogen functional groups attached to an aromatic ring is 1. The van der Waals surface area contributed by atoms with Crippen LogP contribution in [0.15, 0.2) is 36.7 Å². The normalized spacial score (nSPS) is 10.7. The van der Waals surface area contributed by atoms with Crippen molar-refractivity contribution in [2.24, 2.45) is 0 Å². The number of anilines is 2. The Morgan fingerprint density at radius 2 is 2.26 bits per heavy atom. The fraction of sp³-hybridized carbons (Fsp3) is 0.0833. The molecule has 0 radical (unpaired) electrons. The van der Waals surface area contributed by atoms with Crippen LogP contribution in [0.2, 0.25) is 0 Å². The first kappa shape index (κ1) is 11.3. The Hall–Kier alpha value is -2.83. The lowest BCUT2D eigenvalue weighted by molar-refractivity contribution is -0.117. The maximum Gasteiger partial charge on any atom is 0.248 e. The molecule has 0 aliphatic heterocycles. The van der Waals surface area contributed by atoms with Crippen LogP contribution in [0.3, 0.4) is 0 Å². The summed E-state index contributed by atoms with van der Waals surface area (Å²) in [6, 6.07) is 7.73. The van der Waals surface area contributed by atoms with Gasteiger partial charge >= 0.3 is 0 Å². The maximum atomic E-state index is 11.9. The molecule has 19 heavy (non-hydrogen) atoms. The predicted molar refractivity (Wildman–Crippen MR) is 71.4 cm³/mol. The van der Waals surface area contributed by atoms with E-state index in [0.29, 0.717) is 5.82 Å². The van der Waals surface area contributed by atoms with Crippen molar-refractivity contribution < 1.29 is 4.79 Å². The summed E-state index contributed by atoms with van der Waals surface area (Å²) in [6.45, 7) is 0.0245. The molecule has 7 nitrogen and oxygen atoms in total. The zero-order valence-electron chi connectivity index (χ0n) is 10.00. The standard InChI is InChI=1S/C12H12N6O/c13-11-6-15-18(17-11)7-12(19)16-10-5-14-9-4-2-1-3-8(9)10/h1-6,14H,7H2,(H2,13,17)(H,16,19). The van der Waals surface area contributed by atoms with Gasteiger partial charge in [-0.05, 0) is 6.07 Å². The van der Waals surface area contributed by atoms with E-state index in [2.05, 4.69) is 20.5 Å². The van der Waals surface area contributed by atoms with Crippen LogP contribution in [-0.4, -0.2) is 25.9 Å². The summed E-state index contributed by atoms with van der Waals surface area (Å²) in [7, 11) is 0. The number of amides is 1. The number of carbonyl (C=O) groups is 1. The second-order valence-corrected chi connectivity index (χ2v) is 4.10. The van der Waals surface area contributed by atoms with E-state index < -0.39 is 0 Å². The van der Waals surface area contributed by atoms with Gasteiger partial charge in [0.15, 0.2) is 5.82 Å². The Balaban J connectivity index is 1.76. The van der Waals surface area contributed by atoms with Crippen LogP contribution < -0.4 is 11.1 Å². The Labute approximate surface area is 108 Å². The summed E-state index contributed by atoms with van der Waals surface area (Å²) >= 11 is 0. The number of para-hydroxylation sites is 1. The number of carbonyl (C=O) groups excluding carboxylic acids is 1. The van der Waals surface area contributed by atoms with Crippen molar-refractivity contribution in [1.82, 2.24) is 20.0 Å². The first-order valence-electron chi connectivity index (χ1n) is 5.74. The molecule has 0 fully saturated rings. The van der Waals surface area contributed by atoms with Crippen LogP contribution in [0, 0.1) is 0 Å². The lowest BCUT2D eigenvalue weighted by atomic mass is 10.2. The van der Waals surface area contributed by atoms with E-state index in [9.17, 15) is 4.79 Å². The Bertz CT molecular complexity index is 728. The quantitative estimate of drug-likeness (QED) is 0.650. The number of hydrogen-bond donors (Lipinski definition) is 3. The Morgan fingerprint density at radius 1 is 1.42 bits per heavy atom. The lowest BCUT2D eigenvalue weighted by Crippen LogP contribution is -2.20. The first-order valence-corrected chi connectivity index (χ1v) is 5.74. The molecule has 4 N–H and O–H groups in total. The second-order valence-electron chi connectivity index (χ2n) is 4.10. The number of hydrogen-bond acceptors (Lipinski definition) is 4. The van der Waals surface area contributed by atoms with Gasteiger partial charge in [0.05, 0.1) is 11.9 Å². The van der Waals surface area contributed by atoms with Crippen molar-refractivity contribution in [3.63, 3.8) is 0 Å². The molecule has 3 aromatic rings. The fourth-order valence-corrected chi connectivity index (χ4v) is 1.88. The van der Waals surface area contributed by atoms with Crippen LogP contribution in [0.1, 0.15) is 0 Å². The minimum absolute atomic E-state index is 0.0245. The molecule has 0 atom stereocenters. The SMILES string of the molecule is Nc1cnn(CC(=O)Nc2c[nH]c3ccccc23)n1. The third-order valence-electron chi connectivity index (χ3n) is 2.70. The van der Waals surface area contributed by atoms with Gasteiger partial charge < -0.3 is 16.0 Å². The van der Waals surface area contributed by atoms with Crippen molar-refractivity contribution in [2.75, 3.05) is 11.1 Å². The van der Waals surface area contributed by atoms with Gasteiger partial charge in [-0.1, -0.05) is 18.2 Å². The average Bonchev–Trinajstić information content (AvgIpc) is 2.97. The van der Waals surface area contributed by atoms with Gasteiger partial charge in [0.2, 0.25) is 5.91 Å². The summed E-state index contributed by atoms with van der Waals surface area (Å²) in [5, 5.41) is 11.5. The molecule has 2 aromatic heterocycles. The Kier molecular flexibility index (Phi) is 2.64. The number of nitrogens with two attached hydrogens (primary N) is 1. The molecule has 2 heterocycles. The van der Waals surface area contributed by atoms with E-state index in [1.54, 1.807) is 6.20 Å². The molecule has 0 spiro atoms. The highest BCUT2D eigenvalue weighted by Crippen LogP contribution is 2.22. The monoisotopic (exact) mass is 256 g/mol. The number of aromatic amines is 1. The van der Waals surface area contributed by atoms with Crippen molar-refractivity contribution >= 4 is 28.3 Å². The van der Waals surface area contributed by atoms with Crippen molar-refractivity contribution in [3.8, 4) is 0 Å². The minimum Gasteiger partial charge on any atom is -0.381 e. The molecule has 3 rings (SSSR count). The summed E-state index contributed by atoms with van der Waals surface area (Å²) in [4.78, 5) is 16.2. The molecule has 0 aliphatic rings. The second kappa shape index (κ2) is 4.45. The number of nitrogens with one attached hydrogen (secondary N) is 2. The summed E-state index contributed by atoms with van der Waals surface area (Å²) in [6.07, 6.45) is 3.16. The highest BCUT2D eigenvalue weighted by atomic mass is 16.2. The topological polar surface area (TPSA) is 102 Å². The van der Waals surface area contributed by atoms with Crippen molar-refractivity contribution in [3.05, 3.63) is 36.7 Å². The smallest absolute Gasteiger partial charge is 0.248 e. The Morgan fingerprint density at radius 3 is 3.05 bits per heavy atom. The molecule has 0 saturated carbocycles. The van der Waals surface area contributed by atoms with Gasteiger partial charge in [-0.25, -0.2) is 0 Å². The van der Waals surface area contributed by atoms with E-state index in [-0.39, 0.29) is 12.5 Å². The molecule has 0 bridgehead atoms. The molecular weight excluding hydrogens is 244 g/mol. The van der Waals surface area contributed by atoms with Gasteiger partial charge in [0, 0.05) is 17.1 Å². The number of H-pyrrole nitrogens is 1. The average molecular weight is 256 g/mol. The first-order chi connectivity index (χ1) is 9.22. The third kappa shape index (κ3) is 2.25. The van der Waals surface area contributed by atoms with Crippen LogP contribution in [0.4, 0.5) is 11.5 Å². The van der Waals surface area contributed by atoms with Gasteiger partial charge in [-0.2, -0.15) is 9.90 Å². The van der Waals surface area contributed by atoms with Gasteiger partial charge in [0.25, 0.3) is 0 Å². The number of rotatable bonds is 3. The molecule has 96 valence electrons. The highest BCUT2D eigenvalue weighted by Gasteiger charge is 2.09. The summed E-state index contributed by atoms with van der Waals surface area (Å²) < 4.78 is 0. The molecular formula is C12H12N6O. The molecule has 0 aliphatic carbocycles. The minimum atomic E-state index is -0.208. The van der Waals surface area contributed by atoms with Crippen molar-refractivity contribution in [2.45, 2.75) is 6.54 Å². The summed E-state index contributed by atoms with van der Waals surface area (Å²) in [5.41, 5.74) is 7.14. The molecule has 0 saturated heterocycles. The number of nitrogens with zero attached hydrogens (tertiary/aromatic N) is 3. The van der Waals surface area contributed by atoms with E-state index in [1.165, 1.54) is 11.0 Å². The molecule has 7 heteroatoms. The predicted octanol–water partition coefficient (Wildman–Crippen LogP) is 0.980. The zero-order chi connectivity index (χ0) is 13.2. The van der Waals surface area contributed by atoms with Gasteiger partial charge in [-0.3, -0.25) is 4.79 Å². The number of benzene rings is 1. The third-order valence-corrected chi connectivity index (χ3v) is 2.70. The van der Waals surface area contributed by atoms with Crippen LogP contribution in [0.25, 0.3) is 10.9 Å². The molecule has 1 aromatic carbocycles. The molecule has 1 amide bonds. The van der Waals surface area contributed by atoms with E-state index in [0.717, 1.165) is 16.6 Å². The fourth-order valence-electron chi connectivity index (χ4n) is 1.88. The van der Waals surface area contributed by atoms with Gasteiger partial charge in [-0.15, -0.1) is 5.10 Å². The maximum absolute atomic E-state index is 11.9. The van der Waals surface area contributed by atoms with Crippen LogP contribution in [0.5, 0.6) is 0 Å². The molecule has 0 unspecified atom stereocenters. The van der Waals surface area contributed by atoms with Crippen LogP contribution in [-0.2, 0) is 11.3 Å². The lowest BCUT2D eigenvalue weighted by Gasteiger charge is -2.03. The van der Waals surface area contributed by atoms with Crippen LogP contribution >= 0.6 is 0 Å². The van der Waals surface area contributed by atoms with E-state index in [1.807, 2.05) is 24.3 Å². The summed E-state index contributed by atoms with van der Waals surface area (Å²) in [5.74, 6) is 0.0836. The largest absolute Gasteiger partial charge is 0.381 e. The zero-order valence-corrected chi connectivity index (χ0v) is 10.00. The number of aromatic nitrogens is 4. The highest BCUT2D eigenvalue weighted by molar-refractivity contribution is 6.01.